The second kappa shape index (κ2) is 7.58. The van der Waals surface area contributed by atoms with Crippen molar-refractivity contribution in [3.63, 3.8) is 0 Å². The number of rotatable bonds is 6. The highest BCUT2D eigenvalue weighted by Crippen LogP contribution is 2.32. The van der Waals surface area contributed by atoms with E-state index >= 15 is 0 Å². The smallest absolute Gasteiger partial charge is 0.330 e. The minimum atomic E-state index is -1.13. The number of ether oxygens (including phenoxy) is 3. The van der Waals surface area contributed by atoms with Gasteiger partial charge in [-0.3, -0.25) is 14.3 Å². The van der Waals surface area contributed by atoms with Crippen molar-refractivity contribution in [2.75, 3.05) is 13.7 Å². The Hall–Kier alpha value is -1.52. The molecule has 1 fully saturated rings. The largest absolute Gasteiger partial charge is 0.394 e. The topological polar surface area (TPSA) is 123 Å². The highest BCUT2D eigenvalue weighted by molar-refractivity contribution is 5.03. The van der Waals surface area contributed by atoms with Crippen LogP contribution in [0.2, 0.25) is 0 Å². The summed E-state index contributed by atoms with van der Waals surface area (Å²) in [6.07, 6.45) is -3.21. The summed E-state index contributed by atoms with van der Waals surface area (Å²) in [5.74, 6) is 0. The number of methoxy groups -OCH3 is 1. The Labute approximate surface area is 138 Å². The van der Waals surface area contributed by atoms with Crippen LogP contribution in [0.1, 0.15) is 25.6 Å². The Morgan fingerprint density at radius 3 is 2.62 bits per heavy atom. The number of hydrogen-bond acceptors (Lipinski definition) is 7. The van der Waals surface area contributed by atoms with E-state index < -0.39 is 48.5 Å². The van der Waals surface area contributed by atoms with Crippen LogP contribution < -0.4 is 11.2 Å². The molecule has 2 heterocycles. The fraction of sp³-hybridized carbons (Fsp3) is 0.733. The zero-order valence-electron chi connectivity index (χ0n) is 14.1. The number of aliphatic hydroxyl groups excluding tert-OH is 2. The molecule has 1 aromatic rings. The molecule has 1 aromatic heterocycles. The quantitative estimate of drug-likeness (QED) is 0.599. The molecule has 0 radical (unpaired) electrons. The second-order valence-corrected chi connectivity index (χ2v) is 5.96. The molecule has 0 amide bonds. The first-order valence-corrected chi connectivity index (χ1v) is 7.74. The molecule has 1 aliphatic heterocycles. The van der Waals surface area contributed by atoms with Crippen LogP contribution in [-0.4, -0.2) is 64.0 Å². The highest BCUT2D eigenvalue weighted by Gasteiger charge is 2.46. The lowest BCUT2D eigenvalue weighted by Crippen LogP contribution is -2.43. The molecule has 0 spiro atoms. The van der Waals surface area contributed by atoms with Crippen molar-refractivity contribution in [3.05, 3.63) is 32.6 Å². The van der Waals surface area contributed by atoms with Gasteiger partial charge in [-0.25, -0.2) is 4.79 Å². The van der Waals surface area contributed by atoms with E-state index in [1.165, 1.54) is 13.3 Å². The summed E-state index contributed by atoms with van der Waals surface area (Å²) < 4.78 is 17.8. The van der Waals surface area contributed by atoms with Crippen molar-refractivity contribution >= 4 is 0 Å². The van der Waals surface area contributed by atoms with Gasteiger partial charge in [0, 0.05) is 18.9 Å². The molecule has 9 nitrogen and oxygen atoms in total. The number of aromatic amines is 1. The minimum Gasteiger partial charge on any atom is -0.394 e. The molecule has 6 atom stereocenters. The van der Waals surface area contributed by atoms with Gasteiger partial charge in [-0.15, -0.1) is 0 Å². The van der Waals surface area contributed by atoms with Crippen LogP contribution in [0.25, 0.3) is 0 Å². The van der Waals surface area contributed by atoms with Crippen LogP contribution in [0.5, 0.6) is 0 Å². The number of aromatic nitrogens is 2. The van der Waals surface area contributed by atoms with E-state index in [0.29, 0.717) is 5.56 Å². The first-order chi connectivity index (χ1) is 11.3. The zero-order valence-corrected chi connectivity index (χ0v) is 14.1. The van der Waals surface area contributed by atoms with Gasteiger partial charge < -0.3 is 24.4 Å². The average molecular weight is 344 g/mol. The molecule has 136 valence electrons. The van der Waals surface area contributed by atoms with E-state index in [4.69, 9.17) is 14.2 Å². The lowest BCUT2D eigenvalue weighted by molar-refractivity contribution is -0.130. The first kappa shape index (κ1) is 18.8. The van der Waals surface area contributed by atoms with Crippen molar-refractivity contribution < 1.29 is 24.4 Å². The monoisotopic (exact) mass is 344 g/mol. The Balaban J connectivity index is 2.36. The van der Waals surface area contributed by atoms with Crippen LogP contribution >= 0.6 is 0 Å². The third-order valence-electron chi connectivity index (χ3n) is 4.32. The number of aryl methyl sites for hydroxylation is 1. The van der Waals surface area contributed by atoms with E-state index in [9.17, 15) is 19.8 Å². The van der Waals surface area contributed by atoms with Gasteiger partial charge in [0.15, 0.2) is 6.23 Å². The standard InChI is InChI=1S/C15H24N2O7/c1-7-5-17(15(21)16-13(7)20)14-12(11(19)10(6-18)24-14)23-9(3)8(2)22-4/h5,8-12,14,18-19H,6H2,1-4H3,(H,16,20,21)/t8-,9-,10-,11+,12?,14-/m1/s1. The van der Waals surface area contributed by atoms with E-state index in [2.05, 4.69) is 4.98 Å². The molecule has 1 saturated heterocycles. The van der Waals surface area contributed by atoms with Crippen LogP contribution in [0.15, 0.2) is 15.8 Å². The number of hydrogen-bond donors (Lipinski definition) is 3. The third kappa shape index (κ3) is 3.60. The summed E-state index contributed by atoms with van der Waals surface area (Å²) in [4.78, 5) is 25.8. The molecule has 0 saturated carbocycles. The molecular weight excluding hydrogens is 320 g/mol. The lowest BCUT2D eigenvalue weighted by atomic mass is 10.1. The number of aliphatic hydroxyl groups is 2. The van der Waals surface area contributed by atoms with Crippen molar-refractivity contribution in [2.24, 2.45) is 0 Å². The maximum atomic E-state index is 12.1. The summed E-state index contributed by atoms with van der Waals surface area (Å²) in [7, 11) is 1.54. The lowest BCUT2D eigenvalue weighted by Gasteiger charge is -2.28. The molecular formula is C15H24N2O7. The fourth-order valence-electron chi connectivity index (χ4n) is 2.57. The molecule has 3 N–H and O–H groups in total. The maximum Gasteiger partial charge on any atom is 0.330 e. The number of nitrogens with one attached hydrogen (secondary N) is 1. The first-order valence-electron chi connectivity index (χ1n) is 7.74. The van der Waals surface area contributed by atoms with E-state index in [0.717, 1.165) is 4.57 Å². The van der Waals surface area contributed by atoms with E-state index in [1.54, 1.807) is 13.8 Å². The van der Waals surface area contributed by atoms with Crippen LogP contribution in [0, 0.1) is 6.92 Å². The van der Waals surface area contributed by atoms with Gasteiger partial charge >= 0.3 is 5.69 Å². The Morgan fingerprint density at radius 2 is 2.04 bits per heavy atom. The molecule has 0 aromatic carbocycles. The van der Waals surface area contributed by atoms with E-state index in [-0.39, 0.29) is 6.10 Å². The molecule has 1 unspecified atom stereocenters. The van der Waals surface area contributed by atoms with Gasteiger partial charge in [-0.1, -0.05) is 0 Å². The maximum absolute atomic E-state index is 12.1. The predicted molar refractivity (Wildman–Crippen MR) is 83.9 cm³/mol. The van der Waals surface area contributed by atoms with Gasteiger partial charge in [-0.05, 0) is 20.8 Å². The SMILES string of the molecule is CO[C@H](C)[C@@H](C)OC1[C@@H](O)[C@@H](CO)O[C@H]1n1cc(C)c(=O)[nH]c1=O. The van der Waals surface area contributed by atoms with Crippen molar-refractivity contribution in [3.8, 4) is 0 Å². The Morgan fingerprint density at radius 1 is 1.38 bits per heavy atom. The van der Waals surface area contributed by atoms with Crippen LogP contribution in [0.3, 0.4) is 0 Å². The summed E-state index contributed by atoms with van der Waals surface area (Å²) in [6.45, 7) is 4.70. The van der Waals surface area contributed by atoms with Crippen molar-refractivity contribution in [2.45, 2.75) is 57.5 Å². The minimum absolute atomic E-state index is 0.250. The summed E-state index contributed by atoms with van der Waals surface area (Å²) in [5, 5.41) is 19.7. The van der Waals surface area contributed by atoms with Crippen molar-refractivity contribution in [1.29, 1.82) is 0 Å². The summed E-state index contributed by atoms with van der Waals surface area (Å²) in [6, 6.07) is 0. The van der Waals surface area contributed by atoms with Gasteiger partial charge in [0.1, 0.15) is 18.3 Å². The fourth-order valence-corrected chi connectivity index (χ4v) is 2.57. The van der Waals surface area contributed by atoms with Crippen LogP contribution in [-0.2, 0) is 14.2 Å². The number of H-pyrrole nitrogens is 1. The van der Waals surface area contributed by atoms with Gasteiger partial charge in [0.25, 0.3) is 5.56 Å². The Kier molecular flexibility index (Phi) is 5.94. The molecule has 0 bridgehead atoms. The van der Waals surface area contributed by atoms with Gasteiger partial charge in [0.05, 0.1) is 18.8 Å². The normalized spacial score (nSPS) is 29.6. The molecule has 2 rings (SSSR count). The van der Waals surface area contributed by atoms with E-state index in [1.807, 2.05) is 6.92 Å². The summed E-state index contributed by atoms with van der Waals surface area (Å²) >= 11 is 0. The van der Waals surface area contributed by atoms with Gasteiger partial charge in [-0.2, -0.15) is 0 Å². The third-order valence-corrected chi connectivity index (χ3v) is 4.32. The van der Waals surface area contributed by atoms with Crippen molar-refractivity contribution in [1.82, 2.24) is 9.55 Å². The Bertz CT molecular complexity index is 671. The molecule has 0 aliphatic carbocycles. The predicted octanol–water partition coefficient (Wildman–Crippen LogP) is -1.10. The van der Waals surface area contributed by atoms with Crippen LogP contribution in [0.4, 0.5) is 0 Å². The second-order valence-electron chi connectivity index (χ2n) is 5.96. The zero-order chi connectivity index (χ0) is 18.0. The molecule has 24 heavy (non-hydrogen) atoms. The number of nitrogens with zero attached hydrogens (tertiary/aromatic N) is 1. The highest BCUT2D eigenvalue weighted by atomic mass is 16.6. The summed E-state index contributed by atoms with van der Waals surface area (Å²) in [5.41, 5.74) is -0.855. The van der Waals surface area contributed by atoms with Gasteiger partial charge in [0.2, 0.25) is 0 Å². The average Bonchev–Trinajstić information content (AvgIpc) is 2.86. The molecule has 9 heteroatoms. The molecule has 1 aliphatic rings.